The van der Waals surface area contributed by atoms with E-state index >= 15 is 0 Å². The lowest BCUT2D eigenvalue weighted by molar-refractivity contribution is 0.0777. The summed E-state index contributed by atoms with van der Waals surface area (Å²) in [5.74, 6) is 0.701. The van der Waals surface area contributed by atoms with Crippen molar-refractivity contribution in [2.45, 2.75) is 39.2 Å². The number of rotatable bonds is 7. The van der Waals surface area contributed by atoms with E-state index < -0.39 is 6.10 Å². The number of carbonyl (C=O) groups is 1. The zero-order valence-electron chi connectivity index (χ0n) is 13.2. The fourth-order valence-corrected chi connectivity index (χ4v) is 2.31. The number of aryl methyl sites for hydroxylation is 1. The van der Waals surface area contributed by atoms with Gasteiger partial charge in [0.25, 0.3) is 0 Å². The number of benzene rings is 2. The predicted molar refractivity (Wildman–Crippen MR) is 90.3 cm³/mol. The Morgan fingerprint density at radius 3 is 2.23 bits per heavy atom. The lowest BCUT2D eigenvalue weighted by Crippen LogP contribution is -2.27. The van der Waals surface area contributed by atoms with Crippen molar-refractivity contribution in [3.05, 3.63) is 59.7 Å². The molecule has 116 valence electrons. The van der Waals surface area contributed by atoms with E-state index in [1.807, 2.05) is 31.2 Å². The molecule has 0 fully saturated rings. The molecule has 2 aromatic carbocycles. The largest absolute Gasteiger partial charge is 0.482 e. The number of Topliss-reactive ketones (excluding diaryl/α,β-unsaturated/α-hetero) is 1. The summed E-state index contributed by atoms with van der Waals surface area (Å²) in [6.07, 6.45) is 2.09. The van der Waals surface area contributed by atoms with Gasteiger partial charge >= 0.3 is 0 Å². The van der Waals surface area contributed by atoms with Crippen LogP contribution in [0.5, 0.6) is 5.75 Å². The van der Waals surface area contributed by atoms with Crippen LogP contribution in [-0.4, -0.2) is 11.9 Å². The summed E-state index contributed by atoms with van der Waals surface area (Å²) >= 11 is 0. The predicted octanol–water partition coefficient (Wildman–Crippen LogP) is 4.26. The highest BCUT2D eigenvalue weighted by molar-refractivity contribution is 5.99. The SMILES string of the molecule is CCCC(Oc1ccc(N)cc1)C(=O)c1ccc(CC)cc1. The van der Waals surface area contributed by atoms with Crippen LogP contribution in [0.15, 0.2) is 48.5 Å². The summed E-state index contributed by atoms with van der Waals surface area (Å²) in [6.45, 7) is 4.15. The van der Waals surface area contributed by atoms with Gasteiger partial charge in [0.15, 0.2) is 6.10 Å². The lowest BCUT2D eigenvalue weighted by atomic mass is 10.0. The maximum atomic E-state index is 12.7. The highest BCUT2D eigenvalue weighted by atomic mass is 16.5. The van der Waals surface area contributed by atoms with E-state index in [2.05, 4.69) is 6.92 Å². The van der Waals surface area contributed by atoms with Crippen LogP contribution in [0.3, 0.4) is 0 Å². The number of hydrogen-bond donors (Lipinski definition) is 1. The number of hydrogen-bond acceptors (Lipinski definition) is 3. The van der Waals surface area contributed by atoms with Gasteiger partial charge in [0.05, 0.1) is 0 Å². The molecule has 0 saturated carbocycles. The highest BCUT2D eigenvalue weighted by Gasteiger charge is 2.21. The molecular weight excluding hydrogens is 274 g/mol. The molecule has 22 heavy (non-hydrogen) atoms. The highest BCUT2D eigenvalue weighted by Crippen LogP contribution is 2.19. The van der Waals surface area contributed by atoms with Crippen molar-refractivity contribution in [1.29, 1.82) is 0 Å². The van der Waals surface area contributed by atoms with Gasteiger partial charge in [0, 0.05) is 11.3 Å². The average molecular weight is 297 g/mol. The Hall–Kier alpha value is -2.29. The Balaban J connectivity index is 2.14. The number of carbonyl (C=O) groups excluding carboxylic acids is 1. The van der Waals surface area contributed by atoms with Crippen LogP contribution in [0, 0.1) is 0 Å². The topological polar surface area (TPSA) is 52.3 Å². The van der Waals surface area contributed by atoms with Crippen molar-refractivity contribution in [2.24, 2.45) is 0 Å². The van der Waals surface area contributed by atoms with Crippen LogP contribution >= 0.6 is 0 Å². The first-order chi connectivity index (χ1) is 10.6. The maximum Gasteiger partial charge on any atom is 0.203 e. The van der Waals surface area contributed by atoms with Crippen molar-refractivity contribution in [1.82, 2.24) is 0 Å². The quantitative estimate of drug-likeness (QED) is 0.613. The number of anilines is 1. The third-order valence-electron chi connectivity index (χ3n) is 3.65. The molecule has 0 aromatic heterocycles. The van der Waals surface area contributed by atoms with Gasteiger partial charge in [-0.15, -0.1) is 0 Å². The van der Waals surface area contributed by atoms with E-state index in [1.165, 1.54) is 5.56 Å². The number of nitrogens with two attached hydrogens (primary N) is 1. The van der Waals surface area contributed by atoms with Crippen molar-refractivity contribution < 1.29 is 9.53 Å². The normalized spacial score (nSPS) is 11.9. The van der Waals surface area contributed by atoms with Gasteiger partial charge in [-0.25, -0.2) is 0 Å². The molecule has 3 nitrogen and oxygen atoms in total. The van der Waals surface area contributed by atoms with Crippen LogP contribution in [0.1, 0.15) is 42.6 Å². The molecule has 0 spiro atoms. The molecule has 0 aliphatic rings. The Labute approximate surface area is 132 Å². The first-order valence-electron chi connectivity index (χ1n) is 7.79. The summed E-state index contributed by atoms with van der Waals surface area (Å²) in [5.41, 5.74) is 8.28. The van der Waals surface area contributed by atoms with Crippen LogP contribution in [0.2, 0.25) is 0 Å². The van der Waals surface area contributed by atoms with Gasteiger partial charge in [-0.3, -0.25) is 4.79 Å². The third kappa shape index (κ3) is 4.10. The molecule has 0 bridgehead atoms. The first kappa shape index (κ1) is 16.1. The molecule has 0 aliphatic carbocycles. The number of ether oxygens (including phenoxy) is 1. The molecule has 0 saturated heterocycles. The molecule has 1 atom stereocenters. The van der Waals surface area contributed by atoms with Crippen LogP contribution < -0.4 is 10.5 Å². The maximum absolute atomic E-state index is 12.7. The molecule has 0 amide bonds. The summed E-state index contributed by atoms with van der Waals surface area (Å²) in [6, 6.07) is 14.9. The van der Waals surface area contributed by atoms with Crippen LogP contribution in [-0.2, 0) is 6.42 Å². The summed E-state index contributed by atoms with van der Waals surface area (Å²) < 4.78 is 5.88. The third-order valence-corrected chi connectivity index (χ3v) is 3.65. The summed E-state index contributed by atoms with van der Waals surface area (Å²) in [4.78, 5) is 12.7. The second kappa shape index (κ2) is 7.64. The van der Waals surface area contributed by atoms with E-state index in [1.54, 1.807) is 24.3 Å². The molecule has 0 radical (unpaired) electrons. The minimum atomic E-state index is -0.457. The van der Waals surface area contributed by atoms with Gasteiger partial charge in [0.1, 0.15) is 5.75 Å². The smallest absolute Gasteiger partial charge is 0.203 e. The minimum Gasteiger partial charge on any atom is -0.482 e. The van der Waals surface area contributed by atoms with Crippen molar-refractivity contribution in [2.75, 3.05) is 5.73 Å². The molecule has 1 unspecified atom stereocenters. The monoisotopic (exact) mass is 297 g/mol. The summed E-state index contributed by atoms with van der Waals surface area (Å²) in [7, 11) is 0. The molecule has 3 heteroatoms. The number of nitrogen functional groups attached to an aromatic ring is 1. The fourth-order valence-electron chi connectivity index (χ4n) is 2.31. The average Bonchev–Trinajstić information content (AvgIpc) is 2.56. The van der Waals surface area contributed by atoms with E-state index in [4.69, 9.17) is 10.5 Å². The molecule has 0 aliphatic heterocycles. The second-order valence-corrected chi connectivity index (χ2v) is 5.38. The zero-order valence-corrected chi connectivity index (χ0v) is 13.2. The van der Waals surface area contributed by atoms with Crippen LogP contribution in [0.4, 0.5) is 5.69 Å². The van der Waals surface area contributed by atoms with Gasteiger partial charge in [-0.1, -0.05) is 44.5 Å². The fraction of sp³-hybridized carbons (Fsp3) is 0.316. The molecular formula is C19H23NO2. The Bertz CT molecular complexity index is 602. The van der Waals surface area contributed by atoms with E-state index in [-0.39, 0.29) is 5.78 Å². The van der Waals surface area contributed by atoms with E-state index in [0.717, 1.165) is 12.8 Å². The van der Waals surface area contributed by atoms with E-state index in [0.29, 0.717) is 23.4 Å². The van der Waals surface area contributed by atoms with Crippen molar-refractivity contribution in [3.8, 4) is 5.75 Å². The van der Waals surface area contributed by atoms with Gasteiger partial charge in [0.2, 0.25) is 5.78 Å². The van der Waals surface area contributed by atoms with Crippen LogP contribution in [0.25, 0.3) is 0 Å². The molecule has 2 N–H and O–H groups in total. The zero-order chi connectivity index (χ0) is 15.9. The molecule has 2 rings (SSSR count). The molecule has 2 aromatic rings. The molecule has 0 heterocycles. The van der Waals surface area contributed by atoms with Crippen molar-refractivity contribution >= 4 is 11.5 Å². The van der Waals surface area contributed by atoms with E-state index in [9.17, 15) is 4.79 Å². The van der Waals surface area contributed by atoms with Gasteiger partial charge < -0.3 is 10.5 Å². The standard InChI is InChI=1S/C19H23NO2/c1-3-5-18(22-17-12-10-16(20)11-13-17)19(21)15-8-6-14(4-2)7-9-15/h6-13,18H,3-5,20H2,1-2H3. The minimum absolute atomic E-state index is 0.0290. The first-order valence-corrected chi connectivity index (χ1v) is 7.79. The van der Waals surface area contributed by atoms with Crippen molar-refractivity contribution in [3.63, 3.8) is 0 Å². The van der Waals surface area contributed by atoms with Gasteiger partial charge in [-0.05, 0) is 42.7 Å². The lowest BCUT2D eigenvalue weighted by Gasteiger charge is -2.18. The second-order valence-electron chi connectivity index (χ2n) is 5.38. The summed E-state index contributed by atoms with van der Waals surface area (Å²) in [5, 5.41) is 0. The Kier molecular flexibility index (Phi) is 5.59. The van der Waals surface area contributed by atoms with Gasteiger partial charge in [-0.2, -0.15) is 0 Å². The Morgan fingerprint density at radius 1 is 1.05 bits per heavy atom. The number of ketones is 1. The Morgan fingerprint density at radius 2 is 1.68 bits per heavy atom.